The van der Waals surface area contributed by atoms with Gasteiger partial charge in [0, 0.05) is 44.0 Å². The van der Waals surface area contributed by atoms with Gasteiger partial charge in [0.15, 0.2) is 5.96 Å². The number of amides is 1. The third-order valence-corrected chi connectivity index (χ3v) is 5.21. The average molecular weight is 573 g/mol. The van der Waals surface area contributed by atoms with E-state index in [0.29, 0.717) is 29.4 Å². The van der Waals surface area contributed by atoms with Crippen molar-refractivity contribution in [3.63, 3.8) is 0 Å². The summed E-state index contributed by atoms with van der Waals surface area (Å²) in [6.07, 6.45) is 2.72. The van der Waals surface area contributed by atoms with Crippen molar-refractivity contribution < 1.29 is 9.53 Å². The van der Waals surface area contributed by atoms with E-state index >= 15 is 0 Å². The quantitative estimate of drug-likeness (QED) is 0.195. The lowest BCUT2D eigenvalue weighted by atomic mass is 10.2. The molecule has 0 saturated carbocycles. The van der Waals surface area contributed by atoms with Crippen molar-refractivity contribution in [3.05, 3.63) is 53.2 Å². The summed E-state index contributed by atoms with van der Waals surface area (Å²) in [4.78, 5) is 23.5. The zero-order chi connectivity index (χ0) is 22.1. The Hall–Kier alpha value is -2.27. The molecule has 1 aromatic carbocycles. The molecule has 1 aliphatic heterocycles. The first-order valence-corrected chi connectivity index (χ1v) is 10.8. The minimum Gasteiger partial charge on any atom is -0.497 e. The number of methoxy groups -OCH3 is 1. The Labute approximate surface area is 211 Å². The summed E-state index contributed by atoms with van der Waals surface area (Å²) in [5, 5.41) is 10.3. The van der Waals surface area contributed by atoms with Gasteiger partial charge in [0.1, 0.15) is 11.6 Å². The fraction of sp³-hybridized carbons (Fsp3) is 0.409. The minimum absolute atomic E-state index is 0. The lowest BCUT2D eigenvalue weighted by Gasteiger charge is -2.20. The van der Waals surface area contributed by atoms with Gasteiger partial charge in [0.05, 0.1) is 18.7 Å². The molecule has 2 heterocycles. The Balaban J connectivity index is 0.00000363. The van der Waals surface area contributed by atoms with Gasteiger partial charge in [-0.1, -0.05) is 17.7 Å². The van der Waals surface area contributed by atoms with E-state index < -0.39 is 0 Å². The van der Waals surface area contributed by atoms with Crippen molar-refractivity contribution in [3.8, 4) is 5.75 Å². The van der Waals surface area contributed by atoms with Gasteiger partial charge in [-0.3, -0.25) is 9.79 Å². The maximum absolute atomic E-state index is 12.3. The van der Waals surface area contributed by atoms with Crippen LogP contribution >= 0.6 is 35.6 Å². The summed E-state index contributed by atoms with van der Waals surface area (Å²) in [7, 11) is 1.58. The summed E-state index contributed by atoms with van der Waals surface area (Å²) in [6, 6.07) is 11.0. The zero-order valence-electron chi connectivity index (χ0n) is 18.3. The molecule has 1 saturated heterocycles. The molecule has 1 fully saturated rings. The summed E-state index contributed by atoms with van der Waals surface area (Å²) in [6.45, 7) is 5.36. The number of carbonyl (C=O) groups is 1. The normalized spacial score (nSPS) is 15.7. The highest BCUT2D eigenvalue weighted by atomic mass is 127. The Morgan fingerprint density at radius 3 is 2.91 bits per heavy atom. The lowest BCUT2D eigenvalue weighted by molar-refractivity contribution is 0.0954. The van der Waals surface area contributed by atoms with Crippen LogP contribution in [0.4, 0.5) is 5.82 Å². The average Bonchev–Trinajstić information content (AvgIpc) is 3.25. The summed E-state index contributed by atoms with van der Waals surface area (Å²) >= 11 is 6.28. The van der Waals surface area contributed by atoms with E-state index in [1.165, 1.54) is 0 Å². The van der Waals surface area contributed by atoms with Gasteiger partial charge in [0.25, 0.3) is 5.91 Å². The number of hydrogen-bond acceptors (Lipinski definition) is 5. The number of halogens is 2. The van der Waals surface area contributed by atoms with Crippen LogP contribution in [-0.2, 0) is 0 Å². The number of anilines is 1. The monoisotopic (exact) mass is 572 g/mol. The Bertz CT molecular complexity index is 913. The molecule has 1 amide bonds. The number of aliphatic imine (C=N–C) groups is 1. The van der Waals surface area contributed by atoms with Crippen LogP contribution in [0.3, 0.4) is 0 Å². The van der Waals surface area contributed by atoms with E-state index in [-0.39, 0.29) is 35.9 Å². The molecule has 3 rings (SSSR count). The SMILES string of the molecule is CCNC(=NCCNC(=O)c1cccc(OC)c1)NC1CCN(c2ncccc2Cl)C1.I. The van der Waals surface area contributed by atoms with Gasteiger partial charge in [-0.25, -0.2) is 4.98 Å². The number of aromatic nitrogens is 1. The van der Waals surface area contributed by atoms with Crippen molar-refractivity contribution >= 4 is 53.3 Å². The number of nitrogens with zero attached hydrogens (tertiary/aromatic N) is 3. The van der Waals surface area contributed by atoms with Crippen LogP contribution in [0, 0.1) is 0 Å². The number of guanidine groups is 1. The Morgan fingerprint density at radius 1 is 1.31 bits per heavy atom. The van der Waals surface area contributed by atoms with Crippen molar-refractivity contribution in [2.45, 2.75) is 19.4 Å². The molecule has 0 bridgehead atoms. The highest BCUT2D eigenvalue weighted by Gasteiger charge is 2.25. The standard InChI is InChI=1S/C22H29ClN6O2.HI/c1-3-24-22(27-12-11-26-21(30)16-6-4-7-18(14-16)31-2)28-17-9-13-29(15-17)20-19(23)8-5-10-25-20;/h4-8,10,14,17H,3,9,11-13,15H2,1-2H3,(H,26,30)(H2,24,27,28);1H. The smallest absolute Gasteiger partial charge is 0.251 e. The molecule has 1 aliphatic rings. The molecule has 1 unspecified atom stereocenters. The second-order valence-corrected chi connectivity index (χ2v) is 7.54. The highest BCUT2D eigenvalue weighted by molar-refractivity contribution is 14.0. The first-order chi connectivity index (χ1) is 15.1. The van der Waals surface area contributed by atoms with Crippen molar-refractivity contribution in [2.24, 2.45) is 4.99 Å². The van der Waals surface area contributed by atoms with Crippen LogP contribution in [0.1, 0.15) is 23.7 Å². The van der Waals surface area contributed by atoms with Gasteiger partial charge >= 0.3 is 0 Å². The van der Waals surface area contributed by atoms with Crippen molar-refractivity contribution in [2.75, 3.05) is 44.7 Å². The molecule has 0 spiro atoms. The maximum atomic E-state index is 12.3. The first-order valence-electron chi connectivity index (χ1n) is 10.4. The molecule has 0 radical (unpaired) electrons. The third-order valence-electron chi connectivity index (χ3n) is 4.91. The van der Waals surface area contributed by atoms with Crippen LogP contribution in [0.15, 0.2) is 47.6 Å². The largest absolute Gasteiger partial charge is 0.497 e. The fourth-order valence-corrected chi connectivity index (χ4v) is 3.64. The molecule has 174 valence electrons. The van der Waals surface area contributed by atoms with E-state index in [9.17, 15) is 4.79 Å². The van der Waals surface area contributed by atoms with Gasteiger partial charge in [-0.15, -0.1) is 24.0 Å². The molecular formula is C22H30ClIN6O2. The summed E-state index contributed by atoms with van der Waals surface area (Å²) in [5.74, 6) is 2.06. The Morgan fingerprint density at radius 2 is 2.16 bits per heavy atom. The number of carbonyl (C=O) groups excluding carboxylic acids is 1. The van der Waals surface area contributed by atoms with Crippen molar-refractivity contribution in [1.82, 2.24) is 20.9 Å². The predicted molar refractivity (Wildman–Crippen MR) is 140 cm³/mol. The van der Waals surface area contributed by atoms with Gasteiger partial charge in [-0.2, -0.15) is 0 Å². The molecule has 8 nitrogen and oxygen atoms in total. The number of rotatable bonds is 8. The second-order valence-electron chi connectivity index (χ2n) is 7.13. The number of pyridine rings is 1. The van der Waals surface area contributed by atoms with Gasteiger partial charge < -0.3 is 25.6 Å². The van der Waals surface area contributed by atoms with E-state index in [0.717, 1.165) is 37.8 Å². The lowest BCUT2D eigenvalue weighted by Crippen LogP contribution is -2.45. The van der Waals surface area contributed by atoms with Crippen LogP contribution in [0.5, 0.6) is 5.75 Å². The maximum Gasteiger partial charge on any atom is 0.251 e. The molecule has 1 atom stereocenters. The first kappa shape index (κ1) is 26.0. The van der Waals surface area contributed by atoms with E-state index in [1.807, 2.05) is 19.1 Å². The molecular weight excluding hydrogens is 543 g/mol. The minimum atomic E-state index is -0.147. The van der Waals surface area contributed by atoms with Crippen molar-refractivity contribution in [1.29, 1.82) is 0 Å². The highest BCUT2D eigenvalue weighted by Crippen LogP contribution is 2.25. The van der Waals surface area contributed by atoms with Gasteiger partial charge in [0.2, 0.25) is 0 Å². The van der Waals surface area contributed by atoms with Crippen LogP contribution in [0.2, 0.25) is 5.02 Å². The van der Waals surface area contributed by atoms with Crippen LogP contribution in [-0.4, -0.2) is 62.7 Å². The van der Waals surface area contributed by atoms with E-state index in [1.54, 1.807) is 37.6 Å². The zero-order valence-corrected chi connectivity index (χ0v) is 21.4. The van der Waals surface area contributed by atoms with Crippen LogP contribution < -0.4 is 25.6 Å². The molecule has 0 aliphatic carbocycles. The molecule has 32 heavy (non-hydrogen) atoms. The summed E-state index contributed by atoms with van der Waals surface area (Å²) < 4.78 is 5.16. The predicted octanol–water partition coefficient (Wildman–Crippen LogP) is 2.93. The number of benzene rings is 1. The Kier molecular flexibility index (Phi) is 10.8. The molecule has 10 heteroatoms. The third kappa shape index (κ3) is 7.40. The molecule has 2 aromatic rings. The number of hydrogen-bond donors (Lipinski definition) is 3. The second kappa shape index (κ2) is 13.3. The van der Waals surface area contributed by atoms with Gasteiger partial charge in [-0.05, 0) is 43.7 Å². The number of ether oxygens (including phenoxy) is 1. The number of nitrogens with one attached hydrogen (secondary N) is 3. The van der Waals surface area contributed by atoms with E-state index in [4.69, 9.17) is 16.3 Å². The molecule has 1 aromatic heterocycles. The topological polar surface area (TPSA) is 90.9 Å². The van der Waals surface area contributed by atoms with E-state index in [2.05, 4.69) is 30.8 Å². The molecule has 3 N–H and O–H groups in total. The summed E-state index contributed by atoms with van der Waals surface area (Å²) in [5.41, 5.74) is 0.563. The fourth-order valence-electron chi connectivity index (χ4n) is 3.40. The van der Waals surface area contributed by atoms with Crippen LogP contribution in [0.25, 0.3) is 0 Å².